The van der Waals surface area contributed by atoms with Crippen molar-refractivity contribution in [2.75, 3.05) is 11.9 Å². The molecule has 138 valence electrons. The van der Waals surface area contributed by atoms with Crippen LogP contribution in [0.2, 0.25) is 0 Å². The van der Waals surface area contributed by atoms with E-state index in [9.17, 15) is 14.4 Å². The second-order valence-electron chi connectivity index (χ2n) is 5.89. The van der Waals surface area contributed by atoms with Crippen LogP contribution in [0.25, 0.3) is 0 Å². The molecule has 6 nitrogen and oxygen atoms in total. The number of hydrogen-bond donors (Lipinski definition) is 3. The smallest absolute Gasteiger partial charge is 0.261 e. The Balaban J connectivity index is 1.76. The summed E-state index contributed by atoms with van der Waals surface area (Å²) in [6.07, 6.45) is 1.04. The lowest BCUT2D eigenvalue weighted by Crippen LogP contribution is -2.31. The van der Waals surface area contributed by atoms with Crippen molar-refractivity contribution in [3.63, 3.8) is 0 Å². The maximum atomic E-state index is 12.0. The highest BCUT2D eigenvalue weighted by molar-refractivity contribution is 7.12. The molecule has 0 spiro atoms. The molecule has 7 heteroatoms. The first-order valence-electron chi connectivity index (χ1n) is 8.52. The third-order valence-corrected chi connectivity index (χ3v) is 4.67. The molecule has 0 fully saturated rings. The molecule has 1 atom stereocenters. The minimum Gasteiger partial charge on any atom is -0.351 e. The summed E-state index contributed by atoms with van der Waals surface area (Å²) in [6, 6.07) is 10.4. The minimum absolute atomic E-state index is 0.117. The normalized spacial score (nSPS) is 11.5. The van der Waals surface area contributed by atoms with E-state index in [4.69, 9.17) is 0 Å². The lowest BCUT2D eigenvalue weighted by atomic mass is 10.1. The van der Waals surface area contributed by atoms with Crippen molar-refractivity contribution in [1.82, 2.24) is 10.6 Å². The van der Waals surface area contributed by atoms with Gasteiger partial charge >= 0.3 is 0 Å². The van der Waals surface area contributed by atoms with Gasteiger partial charge < -0.3 is 16.0 Å². The van der Waals surface area contributed by atoms with Crippen molar-refractivity contribution >= 4 is 34.7 Å². The van der Waals surface area contributed by atoms with E-state index in [1.165, 1.54) is 11.3 Å². The number of hydrogen-bond acceptors (Lipinski definition) is 4. The van der Waals surface area contributed by atoms with Crippen LogP contribution in [0.5, 0.6) is 0 Å². The van der Waals surface area contributed by atoms with Gasteiger partial charge in [-0.3, -0.25) is 14.4 Å². The molecule has 0 saturated carbocycles. The number of carbonyl (C=O) groups is 3. The molecule has 0 aliphatic rings. The van der Waals surface area contributed by atoms with Crippen molar-refractivity contribution < 1.29 is 14.4 Å². The quantitative estimate of drug-likeness (QED) is 0.665. The standard InChI is InChI=1S/C19H23N3O3S/c1-3-13(2)21-18(24)14-6-8-15(9-7-14)22-17(23)10-11-20-19(25)16-5-4-12-26-16/h4-9,12-13H,3,10-11H2,1-2H3,(H,20,25)(H,21,24)(H,22,23). The van der Waals surface area contributed by atoms with Crippen LogP contribution < -0.4 is 16.0 Å². The number of carbonyl (C=O) groups excluding carboxylic acids is 3. The third-order valence-electron chi connectivity index (χ3n) is 3.80. The minimum atomic E-state index is -0.201. The molecule has 3 N–H and O–H groups in total. The summed E-state index contributed by atoms with van der Waals surface area (Å²) in [6.45, 7) is 4.22. The van der Waals surface area contributed by atoms with Gasteiger partial charge in [-0.15, -0.1) is 11.3 Å². The fourth-order valence-electron chi connectivity index (χ4n) is 2.12. The Labute approximate surface area is 157 Å². The van der Waals surface area contributed by atoms with Crippen LogP contribution in [0.3, 0.4) is 0 Å². The number of amides is 3. The summed E-state index contributed by atoms with van der Waals surface area (Å²) < 4.78 is 0. The Bertz CT molecular complexity index is 742. The first kappa shape index (κ1) is 19.7. The van der Waals surface area contributed by atoms with E-state index in [0.29, 0.717) is 16.1 Å². The van der Waals surface area contributed by atoms with Crippen molar-refractivity contribution in [3.8, 4) is 0 Å². The predicted molar refractivity (Wildman–Crippen MR) is 104 cm³/mol. The van der Waals surface area contributed by atoms with Gasteiger partial charge in [-0.2, -0.15) is 0 Å². The molecule has 0 aliphatic heterocycles. The second-order valence-corrected chi connectivity index (χ2v) is 6.84. The Morgan fingerprint density at radius 1 is 1.08 bits per heavy atom. The van der Waals surface area contributed by atoms with E-state index >= 15 is 0 Å². The Kier molecular flexibility index (Phi) is 7.35. The van der Waals surface area contributed by atoms with Gasteiger partial charge in [-0.05, 0) is 49.1 Å². The van der Waals surface area contributed by atoms with Gasteiger partial charge in [0.25, 0.3) is 11.8 Å². The molecule has 3 amide bonds. The van der Waals surface area contributed by atoms with E-state index < -0.39 is 0 Å². The average molecular weight is 373 g/mol. The van der Waals surface area contributed by atoms with Crippen molar-refractivity contribution in [1.29, 1.82) is 0 Å². The zero-order chi connectivity index (χ0) is 18.9. The van der Waals surface area contributed by atoms with Gasteiger partial charge in [0, 0.05) is 30.3 Å². The van der Waals surface area contributed by atoms with Crippen LogP contribution in [0.1, 0.15) is 46.7 Å². The van der Waals surface area contributed by atoms with Gasteiger partial charge in [-0.25, -0.2) is 0 Å². The molecule has 1 heterocycles. The number of rotatable bonds is 8. The van der Waals surface area contributed by atoms with Crippen molar-refractivity contribution in [2.45, 2.75) is 32.7 Å². The molecule has 0 radical (unpaired) electrons. The maximum Gasteiger partial charge on any atom is 0.261 e. The number of benzene rings is 1. The van der Waals surface area contributed by atoms with E-state index in [1.54, 1.807) is 36.4 Å². The fourth-order valence-corrected chi connectivity index (χ4v) is 2.76. The first-order valence-corrected chi connectivity index (χ1v) is 9.40. The summed E-state index contributed by atoms with van der Waals surface area (Å²) >= 11 is 1.36. The van der Waals surface area contributed by atoms with Gasteiger partial charge in [0.05, 0.1) is 4.88 Å². The molecule has 2 aromatic rings. The first-order chi connectivity index (χ1) is 12.5. The molecule has 1 unspecified atom stereocenters. The Hall–Kier alpha value is -2.67. The summed E-state index contributed by atoms with van der Waals surface area (Å²) in [7, 11) is 0. The topological polar surface area (TPSA) is 87.3 Å². The maximum absolute atomic E-state index is 12.0. The van der Waals surface area contributed by atoms with Gasteiger partial charge in [0.15, 0.2) is 0 Å². The monoisotopic (exact) mass is 373 g/mol. The SMILES string of the molecule is CCC(C)NC(=O)c1ccc(NC(=O)CCNC(=O)c2cccs2)cc1. The van der Waals surface area contributed by atoms with Crippen LogP contribution >= 0.6 is 11.3 Å². The predicted octanol–water partition coefficient (Wildman–Crippen LogP) is 3.04. The van der Waals surface area contributed by atoms with Crippen LogP contribution in [0.4, 0.5) is 5.69 Å². The highest BCUT2D eigenvalue weighted by Gasteiger charge is 2.10. The summed E-state index contributed by atoms with van der Waals surface area (Å²) in [5, 5.41) is 10.2. The average Bonchev–Trinajstić information content (AvgIpc) is 3.16. The molecular formula is C19H23N3O3S. The highest BCUT2D eigenvalue weighted by Crippen LogP contribution is 2.11. The zero-order valence-corrected chi connectivity index (χ0v) is 15.7. The number of thiophene rings is 1. The van der Waals surface area contributed by atoms with Gasteiger partial charge in [-0.1, -0.05) is 13.0 Å². The molecule has 0 bridgehead atoms. The fraction of sp³-hybridized carbons (Fsp3) is 0.316. The Morgan fingerprint density at radius 3 is 2.42 bits per heavy atom. The molecule has 2 rings (SSSR count). The molecule has 0 aliphatic carbocycles. The van der Waals surface area contributed by atoms with Crippen LogP contribution in [-0.2, 0) is 4.79 Å². The van der Waals surface area contributed by atoms with E-state index in [0.717, 1.165) is 6.42 Å². The summed E-state index contributed by atoms with van der Waals surface area (Å²) in [4.78, 5) is 36.4. The van der Waals surface area contributed by atoms with Crippen LogP contribution in [0.15, 0.2) is 41.8 Å². The van der Waals surface area contributed by atoms with Gasteiger partial charge in [0.2, 0.25) is 5.91 Å². The highest BCUT2D eigenvalue weighted by atomic mass is 32.1. The van der Waals surface area contributed by atoms with Crippen LogP contribution in [-0.4, -0.2) is 30.3 Å². The number of nitrogens with one attached hydrogen (secondary N) is 3. The van der Waals surface area contributed by atoms with E-state index in [-0.39, 0.29) is 36.7 Å². The van der Waals surface area contributed by atoms with Crippen molar-refractivity contribution in [3.05, 3.63) is 52.2 Å². The molecule has 0 saturated heterocycles. The number of anilines is 1. The zero-order valence-electron chi connectivity index (χ0n) is 14.9. The molecule has 1 aromatic carbocycles. The molecule has 26 heavy (non-hydrogen) atoms. The largest absolute Gasteiger partial charge is 0.351 e. The molecule has 1 aromatic heterocycles. The van der Waals surface area contributed by atoms with E-state index in [1.807, 2.05) is 19.2 Å². The van der Waals surface area contributed by atoms with Crippen molar-refractivity contribution in [2.24, 2.45) is 0 Å². The molecular weight excluding hydrogens is 350 g/mol. The Morgan fingerprint density at radius 2 is 1.81 bits per heavy atom. The third kappa shape index (κ3) is 6.00. The lowest BCUT2D eigenvalue weighted by molar-refractivity contribution is -0.116. The summed E-state index contributed by atoms with van der Waals surface area (Å²) in [5.41, 5.74) is 1.16. The van der Waals surface area contributed by atoms with Gasteiger partial charge in [0.1, 0.15) is 0 Å². The van der Waals surface area contributed by atoms with E-state index in [2.05, 4.69) is 16.0 Å². The lowest BCUT2D eigenvalue weighted by Gasteiger charge is -2.12. The summed E-state index contributed by atoms with van der Waals surface area (Å²) in [5.74, 6) is -0.508. The van der Waals surface area contributed by atoms with Crippen LogP contribution in [0, 0.1) is 0 Å². The second kappa shape index (κ2) is 9.72.